The number of nitrogens with zero attached hydrogens (tertiary/aromatic N) is 1. The molecule has 0 aliphatic rings. The van der Waals surface area contributed by atoms with Gasteiger partial charge in [-0.1, -0.05) is 72.8 Å². The minimum absolute atomic E-state index is 0.173. The van der Waals surface area contributed by atoms with Crippen molar-refractivity contribution >= 4 is 17.5 Å². The van der Waals surface area contributed by atoms with Crippen LogP contribution >= 0.6 is 0 Å². The highest BCUT2D eigenvalue weighted by atomic mass is 16.2. The first-order valence-electron chi connectivity index (χ1n) is 9.49. The molecule has 1 radical (unpaired) electrons. The number of imide groups is 1. The van der Waals surface area contributed by atoms with Gasteiger partial charge in [-0.05, 0) is 48.6 Å². The van der Waals surface area contributed by atoms with E-state index in [1.165, 1.54) is 10.5 Å². The van der Waals surface area contributed by atoms with Crippen molar-refractivity contribution < 1.29 is 9.59 Å². The molecular weight excluding hydrogens is 346 g/mol. The number of benzene rings is 3. The summed E-state index contributed by atoms with van der Waals surface area (Å²) in [6.45, 7) is 3.87. The SMILES string of the molecule is [CH2]c1ccc(N(C(=O)CCCc2ccccc2)C(=O)Cc2ccccc2)cc1. The van der Waals surface area contributed by atoms with Gasteiger partial charge in [0.2, 0.25) is 11.8 Å². The predicted octanol–water partition coefficient (Wildman–Crippen LogP) is 4.99. The summed E-state index contributed by atoms with van der Waals surface area (Å²) in [6.07, 6.45) is 2.02. The second-order valence-corrected chi connectivity index (χ2v) is 6.79. The molecule has 0 saturated carbocycles. The van der Waals surface area contributed by atoms with Crippen LogP contribution in [-0.2, 0) is 22.4 Å². The van der Waals surface area contributed by atoms with Gasteiger partial charge < -0.3 is 0 Å². The zero-order chi connectivity index (χ0) is 19.8. The molecule has 2 amide bonds. The second-order valence-electron chi connectivity index (χ2n) is 6.79. The molecule has 3 heteroatoms. The van der Waals surface area contributed by atoms with Gasteiger partial charge in [0.05, 0.1) is 12.1 Å². The van der Waals surface area contributed by atoms with E-state index in [2.05, 4.69) is 19.1 Å². The Kier molecular flexibility index (Phi) is 6.74. The average Bonchev–Trinajstić information content (AvgIpc) is 2.71. The molecule has 28 heavy (non-hydrogen) atoms. The van der Waals surface area contributed by atoms with Crippen molar-refractivity contribution in [1.29, 1.82) is 0 Å². The van der Waals surface area contributed by atoms with Crippen LogP contribution in [-0.4, -0.2) is 11.8 Å². The maximum absolute atomic E-state index is 13.0. The molecular formula is C25H24NO2. The number of aryl methyl sites for hydroxylation is 1. The van der Waals surface area contributed by atoms with Crippen molar-refractivity contribution in [3.63, 3.8) is 0 Å². The molecule has 0 fully saturated rings. The quantitative estimate of drug-likeness (QED) is 0.587. The van der Waals surface area contributed by atoms with E-state index in [0.717, 1.165) is 17.5 Å². The standard InChI is InChI=1S/C25H24NO2/c1-20-15-17-23(18-16-20)26(25(28)19-22-11-6-3-7-12-22)24(27)14-8-13-21-9-4-2-5-10-21/h2-7,9-12,15-18H,1,8,13-14,19H2. The molecule has 0 N–H and O–H groups in total. The molecule has 3 rings (SSSR count). The Bertz CT molecular complexity index is 902. The molecule has 0 heterocycles. The minimum atomic E-state index is -0.215. The van der Waals surface area contributed by atoms with Crippen molar-refractivity contribution in [2.45, 2.75) is 25.7 Å². The van der Waals surface area contributed by atoms with Gasteiger partial charge >= 0.3 is 0 Å². The smallest absolute Gasteiger partial charge is 0.238 e. The van der Waals surface area contributed by atoms with Crippen molar-refractivity contribution in [2.24, 2.45) is 0 Å². The molecule has 3 nitrogen and oxygen atoms in total. The van der Waals surface area contributed by atoms with Gasteiger partial charge in [0.25, 0.3) is 0 Å². The van der Waals surface area contributed by atoms with E-state index in [-0.39, 0.29) is 18.2 Å². The third-order valence-corrected chi connectivity index (χ3v) is 4.59. The van der Waals surface area contributed by atoms with E-state index in [4.69, 9.17) is 0 Å². The van der Waals surface area contributed by atoms with Crippen molar-refractivity contribution in [1.82, 2.24) is 0 Å². The molecule has 3 aromatic carbocycles. The third-order valence-electron chi connectivity index (χ3n) is 4.59. The Morgan fingerprint density at radius 1 is 0.714 bits per heavy atom. The number of hydrogen-bond donors (Lipinski definition) is 0. The summed E-state index contributed by atoms with van der Waals surface area (Å²) in [5.74, 6) is -0.388. The average molecular weight is 370 g/mol. The summed E-state index contributed by atoms with van der Waals surface area (Å²) in [5, 5.41) is 0. The van der Waals surface area contributed by atoms with Gasteiger partial charge in [0.1, 0.15) is 0 Å². The Morgan fingerprint density at radius 3 is 1.89 bits per heavy atom. The minimum Gasteiger partial charge on any atom is -0.274 e. The fraction of sp³-hybridized carbons (Fsp3) is 0.160. The van der Waals surface area contributed by atoms with Crippen LogP contribution < -0.4 is 4.90 Å². The molecule has 0 bridgehead atoms. The molecule has 141 valence electrons. The van der Waals surface area contributed by atoms with E-state index < -0.39 is 0 Å². The molecule has 3 aromatic rings. The molecule has 0 aromatic heterocycles. The molecule has 0 aliphatic carbocycles. The Balaban J connectivity index is 1.72. The van der Waals surface area contributed by atoms with Crippen LogP contribution in [0.25, 0.3) is 0 Å². The third kappa shape index (κ3) is 5.40. The summed E-state index contributed by atoms with van der Waals surface area (Å²) in [4.78, 5) is 27.2. The Hall–Kier alpha value is -3.20. The lowest BCUT2D eigenvalue weighted by Gasteiger charge is -2.21. The maximum Gasteiger partial charge on any atom is 0.238 e. The topological polar surface area (TPSA) is 37.4 Å². The van der Waals surface area contributed by atoms with Crippen molar-refractivity contribution in [2.75, 3.05) is 4.90 Å². The van der Waals surface area contributed by atoms with Crippen LogP contribution in [0.1, 0.15) is 29.5 Å². The van der Waals surface area contributed by atoms with Crippen LogP contribution in [0, 0.1) is 6.92 Å². The number of carbonyl (C=O) groups excluding carboxylic acids is 2. The van der Waals surface area contributed by atoms with Gasteiger partial charge in [0, 0.05) is 6.42 Å². The lowest BCUT2D eigenvalue weighted by molar-refractivity contribution is -0.126. The molecule has 0 atom stereocenters. The summed E-state index contributed by atoms with van der Waals surface area (Å²) in [7, 11) is 0. The maximum atomic E-state index is 13.0. The molecule has 0 saturated heterocycles. The number of hydrogen-bond acceptors (Lipinski definition) is 2. The first-order valence-corrected chi connectivity index (χ1v) is 9.49. The molecule has 0 spiro atoms. The van der Waals surface area contributed by atoms with Crippen molar-refractivity contribution in [3.8, 4) is 0 Å². The fourth-order valence-corrected chi connectivity index (χ4v) is 3.12. The summed E-state index contributed by atoms with van der Waals surface area (Å²) in [6, 6.07) is 26.7. The van der Waals surface area contributed by atoms with Crippen LogP contribution in [0.5, 0.6) is 0 Å². The highest BCUT2D eigenvalue weighted by Gasteiger charge is 2.23. The molecule has 0 aliphatic heterocycles. The van der Waals surface area contributed by atoms with Gasteiger partial charge in [-0.15, -0.1) is 0 Å². The first kappa shape index (κ1) is 19.6. The lowest BCUT2D eigenvalue weighted by Crippen LogP contribution is -2.38. The van der Waals surface area contributed by atoms with E-state index in [1.807, 2.05) is 60.7 Å². The summed E-state index contributed by atoms with van der Waals surface area (Å²) >= 11 is 0. The number of carbonyl (C=O) groups is 2. The number of rotatable bonds is 7. The van der Waals surface area contributed by atoms with Crippen molar-refractivity contribution in [3.05, 3.63) is 109 Å². The van der Waals surface area contributed by atoms with Gasteiger partial charge in [-0.2, -0.15) is 0 Å². The summed E-state index contributed by atoms with van der Waals surface area (Å²) in [5.41, 5.74) is 3.52. The van der Waals surface area contributed by atoms with E-state index in [1.54, 1.807) is 12.1 Å². The monoisotopic (exact) mass is 370 g/mol. The van der Waals surface area contributed by atoms with Crippen LogP contribution in [0.4, 0.5) is 5.69 Å². The van der Waals surface area contributed by atoms with Crippen LogP contribution in [0.2, 0.25) is 0 Å². The first-order chi connectivity index (χ1) is 13.6. The fourth-order valence-electron chi connectivity index (χ4n) is 3.12. The highest BCUT2D eigenvalue weighted by molar-refractivity contribution is 6.15. The van der Waals surface area contributed by atoms with Gasteiger partial charge in [-0.3, -0.25) is 14.5 Å². The van der Waals surface area contributed by atoms with E-state index in [9.17, 15) is 9.59 Å². The van der Waals surface area contributed by atoms with Gasteiger partial charge in [0.15, 0.2) is 0 Å². The zero-order valence-electron chi connectivity index (χ0n) is 15.9. The largest absolute Gasteiger partial charge is 0.274 e. The van der Waals surface area contributed by atoms with E-state index >= 15 is 0 Å². The molecule has 0 unspecified atom stereocenters. The predicted molar refractivity (Wildman–Crippen MR) is 113 cm³/mol. The zero-order valence-corrected chi connectivity index (χ0v) is 15.9. The second kappa shape index (κ2) is 9.65. The normalized spacial score (nSPS) is 10.5. The van der Waals surface area contributed by atoms with Gasteiger partial charge in [-0.25, -0.2) is 0 Å². The van der Waals surface area contributed by atoms with Crippen LogP contribution in [0.15, 0.2) is 84.9 Å². The highest BCUT2D eigenvalue weighted by Crippen LogP contribution is 2.19. The lowest BCUT2D eigenvalue weighted by atomic mass is 10.1. The summed E-state index contributed by atoms with van der Waals surface area (Å²) < 4.78 is 0. The Labute approximate surface area is 166 Å². The number of anilines is 1. The van der Waals surface area contributed by atoms with E-state index in [0.29, 0.717) is 18.5 Å². The number of amides is 2. The van der Waals surface area contributed by atoms with Crippen LogP contribution in [0.3, 0.4) is 0 Å². The Morgan fingerprint density at radius 2 is 1.29 bits per heavy atom.